The Kier molecular flexibility index (Phi) is 7.09. The second-order valence-corrected chi connectivity index (χ2v) is 11.3. The van der Waals surface area contributed by atoms with Crippen molar-refractivity contribution in [3.05, 3.63) is 76.4 Å². The normalized spacial score (nSPS) is 15.7. The van der Waals surface area contributed by atoms with Gasteiger partial charge in [-0.15, -0.1) is 5.10 Å². The molecule has 1 N–H and O–H groups in total. The summed E-state index contributed by atoms with van der Waals surface area (Å²) in [4.78, 5) is 19.7. The Balaban J connectivity index is 1.53. The van der Waals surface area contributed by atoms with Crippen LogP contribution in [-0.2, 0) is 24.9 Å². The van der Waals surface area contributed by atoms with E-state index in [4.69, 9.17) is 0 Å². The van der Waals surface area contributed by atoms with Crippen molar-refractivity contribution in [2.45, 2.75) is 66.0 Å². The first-order valence-electron chi connectivity index (χ1n) is 13.5. The fraction of sp³-hybridized carbons (Fsp3) is 0.467. The predicted molar refractivity (Wildman–Crippen MR) is 148 cm³/mol. The Morgan fingerprint density at radius 3 is 2.58 bits per heavy atom. The first kappa shape index (κ1) is 26.1. The van der Waals surface area contributed by atoms with Gasteiger partial charge in [-0.3, -0.25) is 9.69 Å². The molecule has 0 aliphatic carbocycles. The molecule has 0 saturated carbocycles. The Labute approximate surface area is 224 Å². The molecular weight excluding hydrogens is 476 g/mol. The van der Waals surface area contributed by atoms with Gasteiger partial charge in [0.2, 0.25) is 0 Å². The van der Waals surface area contributed by atoms with Gasteiger partial charge in [0.05, 0.1) is 17.5 Å². The monoisotopic (exact) mass is 514 g/mol. The molecule has 1 aliphatic rings. The van der Waals surface area contributed by atoms with Crippen LogP contribution in [0.15, 0.2) is 42.7 Å². The highest BCUT2D eigenvalue weighted by atomic mass is 16.4. The fourth-order valence-corrected chi connectivity index (χ4v) is 5.85. The van der Waals surface area contributed by atoms with E-state index in [9.17, 15) is 9.90 Å². The number of likely N-dealkylation sites (tertiary alicyclic amines) is 1. The third-order valence-electron chi connectivity index (χ3n) is 8.33. The highest BCUT2D eigenvalue weighted by Crippen LogP contribution is 2.44. The van der Waals surface area contributed by atoms with E-state index in [0.717, 1.165) is 53.2 Å². The number of hydrogen-bond acceptors (Lipinski definition) is 5. The topological polar surface area (TPSA) is 89.1 Å². The number of rotatable bonds is 8. The minimum atomic E-state index is -1.04. The van der Waals surface area contributed by atoms with Gasteiger partial charge in [-0.25, -0.2) is 9.67 Å². The number of benzene rings is 2. The van der Waals surface area contributed by atoms with Gasteiger partial charge in [-0.05, 0) is 87.5 Å². The van der Waals surface area contributed by atoms with Crippen LogP contribution in [0.2, 0.25) is 0 Å². The van der Waals surface area contributed by atoms with Crippen LogP contribution >= 0.6 is 0 Å². The molecule has 0 amide bonds. The van der Waals surface area contributed by atoms with E-state index in [2.05, 4.69) is 56.1 Å². The third kappa shape index (κ3) is 4.85. The SMILES string of the molecule is Cc1ccc(C(c2ccc3c(nnn3C)c2C)C(C)(C)C(=O)O)cc1Cn1ccnc1CN1CCCCC1. The van der Waals surface area contributed by atoms with Crippen molar-refractivity contribution >= 4 is 17.0 Å². The Morgan fingerprint density at radius 2 is 1.84 bits per heavy atom. The molecule has 5 rings (SSSR count). The number of imidazole rings is 1. The van der Waals surface area contributed by atoms with Crippen molar-refractivity contribution in [1.82, 2.24) is 29.4 Å². The number of fused-ring (bicyclic) bond motifs is 1. The van der Waals surface area contributed by atoms with E-state index >= 15 is 0 Å². The number of carbonyl (C=O) groups is 1. The first-order valence-corrected chi connectivity index (χ1v) is 13.5. The molecule has 0 bridgehead atoms. The van der Waals surface area contributed by atoms with E-state index < -0.39 is 11.4 Å². The minimum Gasteiger partial charge on any atom is -0.481 e. The van der Waals surface area contributed by atoms with Gasteiger partial charge < -0.3 is 9.67 Å². The summed E-state index contributed by atoms with van der Waals surface area (Å²) in [5.41, 5.74) is 5.98. The van der Waals surface area contributed by atoms with Crippen LogP contribution < -0.4 is 0 Å². The number of aryl methyl sites for hydroxylation is 3. The number of carboxylic acid groups (broad SMARTS) is 1. The number of aromatic nitrogens is 5. The molecule has 0 radical (unpaired) electrons. The zero-order chi connectivity index (χ0) is 27.0. The van der Waals surface area contributed by atoms with Crippen molar-refractivity contribution in [3.8, 4) is 0 Å². The van der Waals surface area contributed by atoms with Gasteiger partial charge in [0.25, 0.3) is 0 Å². The summed E-state index contributed by atoms with van der Waals surface area (Å²) in [6.07, 6.45) is 7.75. The van der Waals surface area contributed by atoms with Crippen molar-refractivity contribution in [2.75, 3.05) is 13.1 Å². The molecule has 8 nitrogen and oxygen atoms in total. The average molecular weight is 515 g/mol. The zero-order valence-electron chi connectivity index (χ0n) is 23.1. The summed E-state index contributed by atoms with van der Waals surface area (Å²) in [5.74, 6) is -0.119. The zero-order valence-corrected chi connectivity index (χ0v) is 23.1. The highest BCUT2D eigenvalue weighted by Gasteiger charge is 2.40. The van der Waals surface area contributed by atoms with Crippen LogP contribution in [0.3, 0.4) is 0 Å². The molecule has 1 atom stereocenters. The molecule has 1 saturated heterocycles. The van der Waals surface area contributed by atoms with Gasteiger partial charge >= 0.3 is 5.97 Å². The predicted octanol–water partition coefficient (Wildman–Crippen LogP) is 5.06. The minimum absolute atomic E-state index is 0.360. The standard InChI is InChI=1S/C30H38N6O2/c1-20-9-10-22(17-23(20)18-36-16-13-31-26(36)19-35-14-7-6-8-15-35)27(30(3,4)29(37)38)24-11-12-25-28(21(24)2)32-33-34(25)5/h9-13,16-17,27H,6-8,14-15,18-19H2,1-5H3,(H,37,38). The molecule has 200 valence electrons. The van der Waals surface area contributed by atoms with Crippen LogP contribution in [-0.4, -0.2) is 53.6 Å². The van der Waals surface area contributed by atoms with Crippen molar-refractivity contribution in [3.63, 3.8) is 0 Å². The summed E-state index contributed by atoms with van der Waals surface area (Å²) < 4.78 is 3.98. The molecule has 3 heterocycles. The number of piperidine rings is 1. The van der Waals surface area contributed by atoms with Gasteiger partial charge in [0.1, 0.15) is 11.3 Å². The molecule has 4 aromatic rings. The maximum absolute atomic E-state index is 12.6. The van der Waals surface area contributed by atoms with Crippen molar-refractivity contribution < 1.29 is 9.90 Å². The van der Waals surface area contributed by atoms with Crippen LogP contribution in [0.1, 0.15) is 72.7 Å². The second-order valence-electron chi connectivity index (χ2n) is 11.3. The van der Waals surface area contributed by atoms with Gasteiger partial charge in [0.15, 0.2) is 0 Å². The first-order chi connectivity index (χ1) is 18.2. The number of carboxylic acids is 1. The summed E-state index contributed by atoms with van der Waals surface area (Å²) in [6.45, 7) is 11.6. The quantitative estimate of drug-likeness (QED) is 0.354. The van der Waals surface area contributed by atoms with Crippen molar-refractivity contribution in [1.29, 1.82) is 0 Å². The number of aliphatic carboxylic acids is 1. The largest absolute Gasteiger partial charge is 0.481 e. The lowest BCUT2D eigenvalue weighted by molar-refractivity contribution is -0.147. The maximum Gasteiger partial charge on any atom is 0.310 e. The summed E-state index contributed by atoms with van der Waals surface area (Å²) in [5, 5.41) is 18.9. The van der Waals surface area contributed by atoms with Crippen LogP contribution in [0.5, 0.6) is 0 Å². The maximum atomic E-state index is 12.6. The summed E-state index contributed by atoms with van der Waals surface area (Å²) in [6, 6.07) is 10.4. The summed E-state index contributed by atoms with van der Waals surface area (Å²) in [7, 11) is 1.87. The van der Waals surface area contributed by atoms with E-state index in [1.54, 1.807) is 4.68 Å². The van der Waals surface area contributed by atoms with Crippen LogP contribution in [0.4, 0.5) is 0 Å². The van der Waals surface area contributed by atoms with Gasteiger partial charge in [-0.1, -0.05) is 35.9 Å². The van der Waals surface area contributed by atoms with E-state index in [1.165, 1.54) is 30.4 Å². The van der Waals surface area contributed by atoms with Crippen LogP contribution in [0, 0.1) is 19.3 Å². The molecule has 0 spiro atoms. The lowest BCUT2D eigenvalue weighted by atomic mass is 9.69. The molecule has 2 aromatic heterocycles. The van der Waals surface area contributed by atoms with Gasteiger partial charge in [-0.2, -0.15) is 0 Å². The molecule has 1 fully saturated rings. The smallest absolute Gasteiger partial charge is 0.310 e. The number of nitrogens with zero attached hydrogens (tertiary/aromatic N) is 6. The molecule has 8 heteroatoms. The molecule has 1 aliphatic heterocycles. The third-order valence-corrected chi connectivity index (χ3v) is 8.33. The fourth-order valence-electron chi connectivity index (χ4n) is 5.85. The Morgan fingerprint density at radius 1 is 1.08 bits per heavy atom. The van der Waals surface area contributed by atoms with E-state index in [-0.39, 0.29) is 5.92 Å². The van der Waals surface area contributed by atoms with E-state index in [1.807, 2.05) is 46.1 Å². The average Bonchev–Trinajstić information content (AvgIpc) is 3.49. The van der Waals surface area contributed by atoms with Crippen molar-refractivity contribution in [2.24, 2.45) is 12.5 Å². The van der Waals surface area contributed by atoms with E-state index in [0.29, 0.717) is 6.54 Å². The Bertz CT molecular complexity index is 1460. The van der Waals surface area contributed by atoms with Gasteiger partial charge in [0, 0.05) is 31.9 Å². The molecular formula is C30H38N6O2. The second kappa shape index (κ2) is 10.3. The Hall–Kier alpha value is -3.52. The highest BCUT2D eigenvalue weighted by molar-refractivity contribution is 5.81. The molecule has 2 aromatic carbocycles. The van der Waals surface area contributed by atoms with Crippen LogP contribution in [0.25, 0.3) is 11.0 Å². The molecule has 1 unspecified atom stereocenters. The lowest BCUT2D eigenvalue weighted by Crippen LogP contribution is -2.32. The molecule has 38 heavy (non-hydrogen) atoms. The summed E-state index contributed by atoms with van der Waals surface area (Å²) >= 11 is 0. The number of hydrogen-bond donors (Lipinski definition) is 1. The lowest BCUT2D eigenvalue weighted by Gasteiger charge is -2.33.